The fraction of sp³-hybridized carbons (Fsp3) is 0.333. The standard InChI is InChI=1S/C21H23FN2O4/c1-27-18-7-6-14(9-19(18)28-2)10-20(25)23-17-11-21(26)24(13-17)12-15-4-3-5-16(22)8-15/h3-9,17H,10-13H2,1-2H3,(H,23,25). The third kappa shape index (κ3) is 4.79. The smallest absolute Gasteiger partial charge is 0.225 e. The van der Waals surface area contributed by atoms with Crippen molar-refractivity contribution in [3.63, 3.8) is 0 Å². The van der Waals surface area contributed by atoms with Crippen molar-refractivity contribution in [3.8, 4) is 11.5 Å². The lowest BCUT2D eigenvalue weighted by molar-refractivity contribution is -0.128. The Kier molecular flexibility index (Phi) is 6.13. The number of ether oxygens (including phenoxy) is 2. The first-order valence-electron chi connectivity index (χ1n) is 9.01. The minimum atomic E-state index is -0.330. The molecule has 1 N–H and O–H groups in total. The summed E-state index contributed by atoms with van der Waals surface area (Å²) >= 11 is 0. The molecule has 2 aromatic rings. The van der Waals surface area contributed by atoms with Gasteiger partial charge in [-0.2, -0.15) is 0 Å². The predicted molar refractivity (Wildman–Crippen MR) is 102 cm³/mol. The molecule has 1 heterocycles. The van der Waals surface area contributed by atoms with Crippen LogP contribution in [0.15, 0.2) is 42.5 Å². The molecule has 0 radical (unpaired) electrons. The number of hydrogen-bond donors (Lipinski definition) is 1. The normalized spacial score (nSPS) is 16.2. The first kappa shape index (κ1) is 19.7. The van der Waals surface area contributed by atoms with Gasteiger partial charge in [-0.15, -0.1) is 0 Å². The van der Waals surface area contributed by atoms with Crippen LogP contribution in [0.3, 0.4) is 0 Å². The molecular formula is C21H23FN2O4. The van der Waals surface area contributed by atoms with Gasteiger partial charge >= 0.3 is 0 Å². The van der Waals surface area contributed by atoms with Crippen molar-refractivity contribution in [1.82, 2.24) is 10.2 Å². The molecule has 2 aromatic carbocycles. The van der Waals surface area contributed by atoms with E-state index in [1.54, 1.807) is 49.5 Å². The molecular weight excluding hydrogens is 363 g/mol. The number of carbonyl (C=O) groups excluding carboxylic acids is 2. The van der Waals surface area contributed by atoms with Crippen molar-refractivity contribution < 1.29 is 23.5 Å². The van der Waals surface area contributed by atoms with E-state index in [1.807, 2.05) is 0 Å². The Labute approximate surface area is 163 Å². The second kappa shape index (κ2) is 8.73. The topological polar surface area (TPSA) is 67.9 Å². The van der Waals surface area contributed by atoms with Gasteiger partial charge in [-0.05, 0) is 35.4 Å². The second-order valence-electron chi connectivity index (χ2n) is 6.74. The molecule has 0 saturated carbocycles. The second-order valence-corrected chi connectivity index (χ2v) is 6.74. The van der Waals surface area contributed by atoms with Gasteiger partial charge in [-0.3, -0.25) is 9.59 Å². The van der Waals surface area contributed by atoms with Gasteiger partial charge in [-0.1, -0.05) is 18.2 Å². The van der Waals surface area contributed by atoms with E-state index in [2.05, 4.69) is 5.32 Å². The summed E-state index contributed by atoms with van der Waals surface area (Å²) in [7, 11) is 3.09. The highest BCUT2D eigenvalue weighted by atomic mass is 19.1. The minimum Gasteiger partial charge on any atom is -0.493 e. The number of benzene rings is 2. The molecule has 2 amide bonds. The Morgan fingerprint density at radius 1 is 1.14 bits per heavy atom. The summed E-state index contributed by atoms with van der Waals surface area (Å²) in [6.45, 7) is 0.742. The van der Waals surface area contributed by atoms with Crippen molar-refractivity contribution in [2.75, 3.05) is 20.8 Å². The number of amides is 2. The Hall–Kier alpha value is -3.09. The van der Waals surface area contributed by atoms with Gasteiger partial charge < -0.3 is 19.7 Å². The molecule has 1 aliphatic heterocycles. The van der Waals surface area contributed by atoms with Crippen molar-refractivity contribution in [2.24, 2.45) is 0 Å². The highest BCUT2D eigenvalue weighted by Crippen LogP contribution is 2.27. The van der Waals surface area contributed by atoms with E-state index in [0.29, 0.717) is 24.6 Å². The van der Waals surface area contributed by atoms with E-state index >= 15 is 0 Å². The van der Waals surface area contributed by atoms with Crippen LogP contribution >= 0.6 is 0 Å². The summed E-state index contributed by atoms with van der Waals surface area (Å²) in [6.07, 6.45) is 0.419. The number of hydrogen-bond acceptors (Lipinski definition) is 4. The number of halogens is 1. The zero-order valence-corrected chi connectivity index (χ0v) is 15.9. The minimum absolute atomic E-state index is 0.0549. The number of rotatable bonds is 7. The summed E-state index contributed by atoms with van der Waals surface area (Å²) < 4.78 is 23.8. The van der Waals surface area contributed by atoms with E-state index in [0.717, 1.165) is 11.1 Å². The number of nitrogens with zero attached hydrogens (tertiary/aromatic N) is 1. The molecule has 6 nitrogen and oxygen atoms in total. The molecule has 1 fully saturated rings. The number of methoxy groups -OCH3 is 2. The van der Waals surface area contributed by atoms with Crippen LogP contribution in [0, 0.1) is 5.82 Å². The van der Waals surface area contributed by atoms with E-state index in [9.17, 15) is 14.0 Å². The fourth-order valence-corrected chi connectivity index (χ4v) is 3.33. The van der Waals surface area contributed by atoms with E-state index in [-0.39, 0.29) is 36.5 Å². The predicted octanol–water partition coefficient (Wildman–Crippen LogP) is 2.30. The van der Waals surface area contributed by atoms with Crippen LogP contribution in [0.2, 0.25) is 0 Å². The van der Waals surface area contributed by atoms with Gasteiger partial charge in [-0.25, -0.2) is 4.39 Å². The Morgan fingerprint density at radius 3 is 2.64 bits per heavy atom. The van der Waals surface area contributed by atoms with Gasteiger partial charge in [0, 0.05) is 19.5 Å². The first-order valence-corrected chi connectivity index (χ1v) is 9.01. The lowest BCUT2D eigenvalue weighted by Gasteiger charge is -2.17. The summed E-state index contributed by atoms with van der Waals surface area (Å²) in [5, 5.41) is 2.90. The SMILES string of the molecule is COc1ccc(CC(=O)NC2CC(=O)N(Cc3cccc(F)c3)C2)cc1OC. The van der Waals surface area contributed by atoms with Crippen LogP contribution in [0.4, 0.5) is 4.39 Å². The monoisotopic (exact) mass is 386 g/mol. The van der Waals surface area contributed by atoms with Gasteiger partial charge in [0.25, 0.3) is 0 Å². The van der Waals surface area contributed by atoms with Gasteiger partial charge in [0.15, 0.2) is 11.5 Å². The molecule has 1 aliphatic rings. The molecule has 0 spiro atoms. The van der Waals surface area contributed by atoms with Crippen molar-refractivity contribution in [1.29, 1.82) is 0 Å². The highest BCUT2D eigenvalue weighted by molar-refractivity contribution is 5.83. The van der Waals surface area contributed by atoms with Crippen molar-refractivity contribution in [2.45, 2.75) is 25.4 Å². The molecule has 3 rings (SSSR count). The molecule has 0 aliphatic carbocycles. The van der Waals surface area contributed by atoms with E-state index in [4.69, 9.17) is 9.47 Å². The van der Waals surface area contributed by atoms with Gasteiger partial charge in [0.1, 0.15) is 5.82 Å². The molecule has 0 aromatic heterocycles. The molecule has 1 unspecified atom stereocenters. The zero-order chi connectivity index (χ0) is 20.1. The van der Waals surface area contributed by atoms with Crippen molar-refractivity contribution >= 4 is 11.8 Å². The van der Waals surface area contributed by atoms with E-state index in [1.165, 1.54) is 12.1 Å². The van der Waals surface area contributed by atoms with Crippen molar-refractivity contribution in [3.05, 3.63) is 59.4 Å². The maximum absolute atomic E-state index is 13.3. The Bertz CT molecular complexity index is 871. The molecule has 1 saturated heterocycles. The largest absolute Gasteiger partial charge is 0.493 e. The third-order valence-electron chi connectivity index (χ3n) is 4.65. The van der Waals surface area contributed by atoms with Gasteiger partial charge in [0.2, 0.25) is 11.8 Å². The van der Waals surface area contributed by atoms with Crippen LogP contribution in [-0.4, -0.2) is 43.5 Å². The molecule has 148 valence electrons. The first-order chi connectivity index (χ1) is 13.5. The average Bonchev–Trinajstić information content (AvgIpc) is 3.00. The summed E-state index contributed by atoms with van der Waals surface area (Å²) in [5.41, 5.74) is 1.52. The molecule has 28 heavy (non-hydrogen) atoms. The summed E-state index contributed by atoms with van der Waals surface area (Å²) in [4.78, 5) is 26.2. The quantitative estimate of drug-likeness (QED) is 0.793. The lowest BCUT2D eigenvalue weighted by atomic mass is 10.1. The van der Waals surface area contributed by atoms with Crippen LogP contribution < -0.4 is 14.8 Å². The highest BCUT2D eigenvalue weighted by Gasteiger charge is 2.30. The lowest BCUT2D eigenvalue weighted by Crippen LogP contribution is -2.37. The van der Waals surface area contributed by atoms with Gasteiger partial charge in [0.05, 0.1) is 26.7 Å². The maximum atomic E-state index is 13.3. The van der Waals surface area contributed by atoms with E-state index < -0.39 is 0 Å². The Balaban J connectivity index is 1.55. The molecule has 7 heteroatoms. The summed E-state index contributed by atoms with van der Waals surface area (Å²) in [6, 6.07) is 11.2. The van der Waals surface area contributed by atoms with Crippen LogP contribution in [0.25, 0.3) is 0 Å². The zero-order valence-electron chi connectivity index (χ0n) is 15.9. The van der Waals surface area contributed by atoms with Crippen LogP contribution in [0.5, 0.6) is 11.5 Å². The molecule has 0 bridgehead atoms. The number of nitrogens with one attached hydrogen (secondary N) is 1. The average molecular weight is 386 g/mol. The summed E-state index contributed by atoms with van der Waals surface area (Å²) in [5.74, 6) is 0.605. The number of likely N-dealkylation sites (tertiary alicyclic amines) is 1. The maximum Gasteiger partial charge on any atom is 0.225 e. The fourth-order valence-electron chi connectivity index (χ4n) is 3.33. The molecule has 1 atom stereocenters. The Morgan fingerprint density at radius 2 is 1.93 bits per heavy atom. The number of carbonyl (C=O) groups is 2. The third-order valence-corrected chi connectivity index (χ3v) is 4.65. The van der Waals surface area contributed by atoms with Crippen LogP contribution in [0.1, 0.15) is 17.5 Å². The van der Waals surface area contributed by atoms with Crippen LogP contribution in [-0.2, 0) is 22.6 Å².